The van der Waals surface area contributed by atoms with Crippen molar-refractivity contribution in [1.82, 2.24) is 9.80 Å². The average Bonchev–Trinajstić information content (AvgIpc) is 2.75. The zero-order chi connectivity index (χ0) is 19.3. The van der Waals surface area contributed by atoms with Crippen LogP contribution in [0.3, 0.4) is 0 Å². The highest BCUT2D eigenvalue weighted by molar-refractivity contribution is 5.94. The van der Waals surface area contributed by atoms with Gasteiger partial charge in [-0.1, -0.05) is 37.3 Å². The minimum atomic E-state index is 0.158. The van der Waals surface area contributed by atoms with Crippen molar-refractivity contribution >= 4 is 11.6 Å². The molecular formula is C24H31N3O. The number of carbonyl (C=O) groups is 1. The normalized spacial score (nSPS) is 21.0. The minimum absolute atomic E-state index is 0.158. The standard InChI is InChI=1S/C24H31N3O/c1-20-6-5-13-25(18-20)19-21-9-11-22(12-10-21)24(28)27-16-14-26(15-17-27)23-7-3-2-4-8-23/h2-4,7-12,20H,5-6,13-19H2,1H3. The molecule has 2 heterocycles. The quantitative estimate of drug-likeness (QED) is 0.809. The van der Waals surface area contributed by atoms with E-state index in [1.54, 1.807) is 0 Å². The number of hydrogen-bond acceptors (Lipinski definition) is 3. The maximum absolute atomic E-state index is 12.9. The van der Waals surface area contributed by atoms with Gasteiger partial charge in [0, 0.05) is 50.5 Å². The first kappa shape index (κ1) is 19.0. The summed E-state index contributed by atoms with van der Waals surface area (Å²) in [4.78, 5) is 19.8. The fourth-order valence-corrected chi connectivity index (χ4v) is 4.43. The van der Waals surface area contributed by atoms with Gasteiger partial charge < -0.3 is 9.80 Å². The molecule has 2 aliphatic rings. The molecule has 0 saturated carbocycles. The Morgan fingerprint density at radius 1 is 0.929 bits per heavy atom. The van der Waals surface area contributed by atoms with Gasteiger partial charge in [0.2, 0.25) is 0 Å². The zero-order valence-corrected chi connectivity index (χ0v) is 16.9. The van der Waals surface area contributed by atoms with Crippen molar-refractivity contribution in [2.24, 2.45) is 5.92 Å². The van der Waals surface area contributed by atoms with Crippen LogP contribution in [-0.4, -0.2) is 55.0 Å². The average molecular weight is 378 g/mol. The van der Waals surface area contributed by atoms with Crippen molar-refractivity contribution < 1.29 is 4.79 Å². The van der Waals surface area contributed by atoms with Gasteiger partial charge in [-0.05, 0) is 55.1 Å². The summed E-state index contributed by atoms with van der Waals surface area (Å²) >= 11 is 0. The van der Waals surface area contributed by atoms with Gasteiger partial charge in [0.25, 0.3) is 5.91 Å². The van der Waals surface area contributed by atoms with Crippen LogP contribution in [0.4, 0.5) is 5.69 Å². The topological polar surface area (TPSA) is 26.8 Å². The van der Waals surface area contributed by atoms with E-state index in [0.717, 1.165) is 44.2 Å². The van der Waals surface area contributed by atoms with E-state index in [-0.39, 0.29) is 5.91 Å². The third-order valence-electron chi connectivity index (χ3n) is 6.04. The fraction of sp³-hybridized carbons (Fsp3) is 0.458. The van der Waals surface area contributed by atoms with Crippen LogP contribution < -0.4 is 4.90 Å². The molecule has 4 nitrogen and oxygen atoms in total. The molecule has 1 atom stereocenters. The summed E-state index contributed by atoms with van der Waals surface area (Å²) < 4.78 is 0. The Balaban J connectivity index is 1.31. The van der Waals surface area contributed by atoms with E-state index < -0.39 is 0 Å². The van der Waals surface area contributed by atoms with E-state index in [0.29, 0.717) is 0 Å². The molecule has 148 valence electrons. The highest BCUT2D eigenvalue weighted by atomic mass is 16.2. The molecule has 0 spiro atoms. The molecular weight excluding hydrogens is 346 g/mol. The Labute approximate surface area is 168 Å². The van der Waals surface area contributed by atoms with Crippen LogP contribution in [0.5, 0.6) is 0 Å². The molecule has 28 heavy (non-hydrogen) atoms. The first-order valence-electron chi connectivity index (χ1n) is 10.6. The van der Waals surface area contributed by atoms with E-state index in [2.05, 4.69) is 53.1 Å². The fourth-order valence-electron chi connectivity index (χ4n) is 4.43. The zero-order valence-electron chi connectivity index (χ0n) is 16.9. The number of rotatable bonds is 4. The Morgan fingerprint density at radius 2 is 1.64 bits per heavy atom. The Kier molecular flexibility index (Phi) is 5.96. The van der Waals surface area contributed by atoms with Crippen LogP contribution in [-0.2, 0) is 6.54 Å². The molecule has 0 bridgehead atoms. The smallest absolute Gasteiger partial charge is 0.253 e. The monoisotopic (exact) mass is 377 g/mol. The highest BCUT2D eigenvalue weighted by Gasteiger charge is 2.22. The predicted octanol–water partition coefficient (Wildman–Crippen LogP) is 3.88. The van der Waals surface area contributed by atoms with E-state index in [9.17, 15) is 4.79 Å². The highest BCUT2D eigenvalue weighted by Crippen LogP contribution is 2.19. The van der Waals surface area contributed by atoms with Gasteiger partial charge in [-0.2, -0.15) is 0 Å². The molecule has 0 radical (unpaired) electrons. The molecule has 2 saturated heterocycles. The third-order valence-corrected chi connectivity index (χ3v) is 6.04. The molecule has 1 unspecified atom stereocenters. The molecule has 2 aromatic carbocycles. The molecule has 2 aromatic rings. The van der Waals surface area contributed by atoms with Crippen LogP contribution in [0.2, 0.25) is 0 Å². The molecule has 0 N–H and O–H groups in total. The van der Waals surface area contributed by atoms with Gasteiger partial charge >= 0.3 is 0 Å². The summed E-state index contributed by atoms with van der Waals surface area (Å²) in [5.41, 5.74) is 3.36. The molecule has 4 rings (SSSR count). The van der Waals surface area contributed by atoms with Crippen molar-refractivity contribution in [3.8, 4) is 0 Å². The predicted molar refractivity (Wildman–Crippen MR) is 115 cm³/mol. The summed E-state index contributed by atoms with van der Waals surface area (Å²) in [6.07, 6.45) is 2.65. The Bertz CT molecular complexity index is 766. The Morgan fingerprint density at radius 3 is 2.32 bits per heavy atom. The van der Waals surface area contributed by atoms with Crippen molar-refractivity contribution in [3.63, 3.8) is 0 Å². The van der Waals surface area contributed by atoms with Gasteiger partial charge in [-0.15, -0.1) is 0 Å². The number of anilines is 1. The van der Waals surface area contributed by atoms with Gasteiger partial charge in [-0.25, -0.2) is 0 Å². The van der Waals surface area contributed by atoms with Crippen molar-refractivity contribution in [2.75, 3.05) is 44.2 Å². The summed E-state index contributed by atoms with van der Waals surface area (Å²) in [7, 11) is 0. The third kappa shape index (κ3) is 4.56. The van der Waals surface area contributed by atoms with E-state index in [1.807, 2.05) is 23.1 Å². The second-order valence-electron chi connectivity index (χ2n) is 8.29. The summed E-state index contributed by atoms with van der Waals surface area (Å²) in [5.74, 6) is 0.954. The first-order valence-corrected chi connectivity index (χ1v) is 10.6. The number of nitrogens with zero attached hydrogens (tertiary/aromatic N) is 3. The van der Waals surface area contributed by atoms with Crippen LogP contribution in [0, 0.1) is 5.92 Å². The lowest BCUT2D eigenvalue weighted by molar-refractivity contribution is 0.0747. The van der Waals surface area contributed by atoms with Gasteiger partial charge in [0.1, 0.15) is 0 Å². The van der Waals surface area contributed by atoms with Gasteiger partial charge in [0.05, 0.1) is 0 Å². The molecule has 2 fully saturated rings. The number of likely N-dealkylation sites (tertiary alicyclic amines) is 1. The van der Waals surface area contributed by atoms with Crippen LogP contribution in [0.1, 0.15) is 35.7 Å². The van der Waals surface area contributed by atoms with Crippen LogP contribution in [0.25, 0.3) is 0 Å². The van der Waals surface area contributed by atoms with E-state index >= 15 is 0 Å². The van der Waals surface area contributed by atoms with Crippen LogP contribution >= 0.6 is 0 Å². The molecule has 4 heteroatoms. The number of para-hydroxylation sites is 1. The lowest BCUT2D eigenvalue weighted by Gasteiger charge is -2.36. The SMILES string of the molecule is CC1CCCN(Cc2ccc(C(=O)N3CCN(c4ccccc4)CC3)cc2)C1. The summed E-state index contributed by atoms with van der Waals surface area (Å²) in [5, 5.41) is 0. The summed E-state index contributed by atoms with van der Waals surface area (Å²) in [6, 6.07) is 18.7. The van der Waals surface area contributed by atoms with Crippen LogP contribution in [0.15, 0.2) is 54.6 Å². The first-order chi connectivity index (χ1) is 13.7. The van der Waals surface area contributed by atoms with Crippen molar-refractivity contribution in [1.29, 1.82) is 0 Å². The largest absolute Gasteiger partial charge is 0.368 e. The number of piperidine rings is 1. The lowest BCUT2D eigenvalue weighted by Crippen LogP contribution is -2.48. The maximum atomic E-state index is 12.9. The van der Waals surface area contributed by atoms with Crippen molar-refractivity contribution in [3.05, 3.63) is 65.7 Å². The Hall–Kier alpha value is -2.33. The number of hydrogen-bond donors (Lipinski definition) is 0. The summed E-state index contributed by atoms with van der Waals surface area (Å²) in [6.45, 7) is 9.05. The molecule has 2 aliphatic heterocycles. The molecule has 0 aliphatic carbocycles. The number of carbonyl (C=O) groups excluding carboxylic acids is 1. The minimum Gasteiger partial charge on any atom is -0.368 e. The number of benzene rings is 2. The van der Waals surface area contributed by atoms with Gasteiger partial charge in [-0.3, -0.25) is 9.69 Å². The maximum Gasteiger partial charge on any atom is 0.253 e. The number of amides is 1. The van der Waals surface area contributed by atoms with E-state index in [4.69, 9.17) is 0 Å². The van der Waals surface area contributed by atoms with E-state index in [1.165, 1.54) is 37.2 Å². The van der Waals surface area contributed by atoms with Gasteiger partial charge in [0.15, 0.2) is 0 Å². The molecule has 1 amide bonds. The lowest BCUT2D eigenvalue weighted by atomic mass is 9.99. The number of piperazine rings is 1. The second-order valence-corrected chi connectivity index (χ2v) is 8.29. The molecule has 0 aromatic heterocycles. The second kappa shape index (κ2) is 8.78. The van der Waals surface area contributed by atoms with Crippen molar-refractivity contribution in [2.45, 2.75) is 26.3 Å².